The van der Waals surface area contributed by atoms with Gasteiger partial charge in [-0.25, -0.2) is 4.79 Å². The summed E-state index contributed by atoms with van der Waals surface area (Å²) in [6.07, 6.45) is 3.67. The molecule has 1 atom stereocenters. The number of nitrogens with one attached hydrogen (secondary N) is 1. The number of carboxylic acids is 1. The van der Waals surface area contributed by atoms with Crippen LogP contribution in [0.15, 0.2) is 6.33 Å². The van der Waals surface area contributed by atoms with Gasteiger partial charge < -0.3 is 19.9 Å². The molecule has 0 aliphatic heterocycles. The van der Waals surface area contributed by atoms with E-state index in [0.717, 1.165) is 12.8 Å². The molecule has 1 unspecified atom stereocenters. The summed E-state index contributed by atoms with van der Waals surface area (Å²) in [7, 11) is 1.79. The lowest BCUT2D eigenvalue weighted by Crippen LogP contribution is -2.44. The molecule has 1 fully saturated rings. The second-order valence-electron chi connectivity index (χ2n) is 5.19. The van der Waals surface area contributed by atoms with Crippen LogP contribution >= 0.6 is 0 Å². The van der Waals surface area contributed by atoms with Crippen LogP contribution in [0, 0.1) is 5.92 Å². The lowest BCUT2D eigenvalue weighted by atomic mass is 10.3. The van der Waals surface area contributed by atoms with Gasteiger partial charge in [0, 0.05) is 13.6 Å². The normalized spacial score (nSPS) is 15.7. The van der Waals surface area contributed by atoms with Crippen LogP contribution in [0.1, 0.15) is 31.6 Å². The minimum absolute atomic E-state index is 0.284. The van der Waals surface area contributed by atoms with Crippen LogP contribution < -0.4 is 5.32 Å². The molecule has 2 N–H and O–H groups in total. The smallest absolute Gasteiger partial charge is 0.323 e. The van der Waals surface area contributed by atoms with Crippen molar-refractivity contribution in [3.8, 4) is 0 Å². The first-order valence-corrected chi connectivity index (χ1v) is 6.58. The molecule has 110 valence electrons. The lowest BCUT2D eigenvalue weighted by Gasteiger charge is -2.23. The number of aryl methyl sites for hydroxylation is 1. The van der Waals surface area contributed by atoms with Gasteiger partial charge in [-0.15, -0.1) is 10.2 Å². The molecular formula is C12H19N5O3. The molecule has 0 aromatic carbocycles. The summed E-state index contributed by atoms with van der Waals surface area (Å²) in [5.41, 5.74) is 0. The SMILES string of the molecule is CC(NC(=O)N(CC(=O)O)CC1CC1)c1nncn1C. The monoisotopic (exact) mass is 281 g/mol. The van der Waals surface area contributed by atoms with E-state index in [4.69, 9.17) is 5.11 Å². The predicted octanol–water partition coefficient (Wildman–Crippen LogP) is 0.382. The quantitative estimate of drug-likeness (QED) is 0.785. The fourth-order valence-corrected chi connectivity index (χ4v) is 2.02. The van der Waals surface area contributed by atoms with E-state index < -0.39 is 5.97 Å². The average Bonchev–Trinajstić information content (AvgIpc) is 3.07. The van der Waals surface area contributed by atoms with Crippen LogP contribution in [0.5, 0.6) is 0 Å². The van der Waals surface area contributed by atoms with E-state index in [2.05, 4.69) is 15.5 Å². The van der Waals surface area contributed by atoms with Crippen LogP contribution in [0.25, 0.3) is 0 Å². The third-order valence-corrected chi connectivity index (χ3v) is 3.26. The number of hydrogen-bond donors (Lipinski definition) is 2. The Labute approximate surface area is 116 Å². The van der Waals surface area contributed by atoms with Crippen molar-refractivity contribution in [2.75, 3.05) is 13.1 Å². The van der Waals surface area contributed by atoms with Gasteiger partial charge in [0.25, 0.3) is 0 Å². The van der Waals surface area contributed by atoms with E-state index >= 15 is 0 Å². The second-order valence-corrected chi connectivity index (χ2v) is 5.19. The summed E-state index contributed by atoms with van der Waals surface area (Å²) in [6, 6.07) is -0.708. The Balaban J connectivity index is 1.96. The van der Waals surface area contributed by atoms with Gasteiger partial charge in [0.1, 0.15) is 12.9 Å². The minimum Gasteiger partial charge on any atom is -0.480 e. The van der Waals surface area contributed by atoms with Gasteiger partial charge in [0.05, 0.1) is 6.04 Å². The van der Waals surface area contributed by atoms with E-state index in [9.17, 15) is 9.59 Å². The Hall–Kier alpha value is -2.12. The van der Waals surface area contributed by atoms with E-state index in [-0.39, 0.29) is 18.6 Å². The molecule has 20 heavy (non-hydrogen) atoms. The van der Waals surface area contributed by atoms with Gasteiger partial charge in [-0.3, -0.25) is 4.79 Å². The van der Waals surface area contributed by atoms with Gasteiger partial charge in [0.2, 0.25) is 0 Å². The molecule has 1 aliphatic rings. The predicted molar refractivity (Wildman–Crippen MR) is 69.9 cm³/mol. The molecule has 0 spiro atoms. The van der Waals surface area contributed by atoms with Crippen LogP contribution in [0.2, 0.25) is 0 Å². The molecule has 1 heterocycles. The molecule has 2 amide bonds. The number of carbonyl (C=O) groups excluding carboxylic acids is 1. The highest BCUT2D eigenvalue weighted by molar-refractivity contribution is 5.80. The maximum absolute atomic E-state index is 12.2. The van der Waals surface area contributed by atoms with Crippen molar-refractivity contribution in [1.82, 2.24) is 25.0 Å². The maximum Gasteiger partial charge on any atom is 0.323 e. The molecule has 2 rings (SSSR count). The number of amides is 2. The topological polar surface area (TPSA) is 100 Å². The molecule has 8 heteroatoms. The molecule has 1 aromatic heterocycles. The Bertz CT molecular complexity index is 497. The highest BCUT2D eigenvalue weighted by Crippen LogP contribution is 2.29. The number of rotatable bonds is 6. The molecule has 1 aromatic rings. The van der Waals surface area contributed by atoms with Crippen molar-refractivity contribution in [3.63, 3.8) is 0 Å². The summed E-state index contributed by atoms with van der Waals surface area (Å²) >= 11 is 0. The fourth-order valence-electron chi connectivity index (χ4n) is 2.02. The highest BCUT2D eigenvalue weighted by Gasteiger charge is 2.28. The number of nitrogens with zero attached hydrogens (tertiary/aromatic N) is 4. The lowest BCUT2D eigenvalue weighted by molar-refractivity contribution is -0.137. The summed E-state index contributed by atoms with van der Waals surface area (Å²) in [6.45, 7) is 2.00. The van der Waals surface area contributed by atoms with Crippen LogP contribution in [-0.4, -0.2) is 49.9 Å². The Morgan fingerprint density at radius 1 is 1.60 bits per heavy atom. The first-order valence-electron chi connectivity index (χ1n) is 6.58. The third kappa shape index (κ3) is 3.69. The number of carboxylic acid groups (broad SMARTS) is 1. The largest absolute Gasteiger partial charge is 0.480 e. The van der Waals surface area contributed by atoms with Gasteiger partial charge in [-0.05, 0) is 25.7 Å². The summed E-state index contributed by atoms with van der Waals surface area (Å²) in [5.74, 6) is 0.0531. The first kappa shape index (κ1) is 14.3. The molecule has 0 saturated heterocycles. The summed E-state index contributed by atoms with van der Waals surface area (Å²) in [5, 5.41) is 19.3. The van der Waals surface area contributed by atoms with Crippen LogP contribution in [-0.2, 0) is 11.8 Å². The van der Waals surface area contributed by atoms with Gasteiger partial charge >= 0.3 is 12.0 Å². The zero-order valence-electron chi connectivity index (χ0n) is 11.6. The third-order valence-electron chi connectivity index (χ3n) is 3.26. The number of aromatic nitrogens is 3. The van der Waals surface area contributed by atoms with E-state index in [1.165, 1.54) is 4.90 Å². The summed E-state index contributed by atoms with van der Waals surface area (Å²) in [4.78, 5) is 24.3. The van der Waals surface area contributed by atoms with Crippen LogP contribution in [0.3, 0.4) is 0 Å². The average molecular weight is 281 g/mol. The minimum atomic E-state index is -1.01. The van der Waals surface area contributed by atoms with Crippen molar-refractivity contribution < 1.29 is 14.7 Å². The van der Waals surface area contributed by atoms with Crippen molar-refractivity contribution in [2.24, 2.45) is 13.0 Å². The molecule has 0 radical (unpaired) electrons. The molecule has 1 aliphatic carbocycles. The van der Waals surface area contributed by atoms with Gasteiger partial charge in [-0.2, -0.15) is 0 Å². The van der Waals surface area contributed by atoms with Gasteiger partial charge in [0.15, 0.2) is 5.82 Å². The van der Waals surface area contributed by atoms with Crippen LogP contribution in [0.4, 0.5) is 4.79 Å². The summed E-state index contributed by atoms with van der Waals surface area (Å²) < 4.78 is 1.72. The van der Waals surface area contributed by atoms with Gasteiger partial charge in [-0.1, -0.05) is 0 Å². The fraction of sp³-hybridized carbons (Fsp3) is 0.667. The number of urea groups is 1. The zero-order chi connectivity index (χ0) is 14.7. The van der Waals surface area contributed by atoms with Crippen molar-refractivity contribution in [3.05, 3.63) is 12.2 Å². The Morgan fingerprint density at radius 3 is 2.80 bits per heavy atom. The van der Waals surface area contributed by atoms with Crippen molar-refractivity contribution in [1.29, 1.82) is 0 Å². The standard InChI is InChI=1S/C12H19N5O3/c1-8(11-15-13-7-16(11)2)14-12(20)17(6-10(18)19)5-9-3-4-9/h7-9H,3-6H2,1-2H3,(H,14,20)(H,18,19). The molecular weight excluding hydrogens is 262 g/mol. The second kappa shape index (κ2) is 5.89. The molecule has 0 bridgehead atoms. The van der Waals surface area contributed by atoms with E-state index in [0.29, 0.717) is 18.3 Å². The zero-order valence-corrected chi connectivity index (χ0v) is 11.6. The van der Waals surface area contributed by atoms with E-state index in [1.54, 1.807) is 24.9 Å². The molecule has 8 nitrogen and oxygen atoms in total. The first-order chi connectivity index (χ1) is 9.47. The Kier molecular flexibility index (Phi) is 4.21. The van der Waals surface area contributed by atoms with Crippen molar-refractivity contribution >= 4 is 12.0 Å². The number of hydrogen-bond acceptors (Lipinski definition) is 4. The highest BCUT2D eigenvalue weighted by atomic mass is 16.4. The maximum atomic E-state index is 12.2. The van der Waals surface area contributed by atoms with Crippen molar-refractivity contribution in [2.45, 2.75) is 25.8 Å². The molecule has 1 saturated carbocycles. The Morgan fingerprint density at radius 2 is 2.30 bits per heavy atom. The number of carbonyl (C=O) groups is 2. The van der Waals surface area contributed by atoms with E-state index in [1.807, 2.05) is 0 Å². The number of aliphatic carboxylic acids is 1.